The molecule has 21 heavy (non-hydrogen) atoms. The summed E-state index contributed by atoms with van der Waals surface area (Å²) in [6, 6.07) is 8.23. The Kier molecular flexibility index (Phi) is 4.90. The van der Waals surface area contributed by atoms with Crippen LogP contribution in [0.2, 0.25) is 0 Å². The monoisotopic (exact) mass is 355 g/mol. The third-order valence-electron chi connectivity index (χ3n) is 2.68. The van der Waals surface area contributed by atoms with Crippen molar-refractivity contribution in [3.63, 3.8) is 0 Å². The molecule has 0 unspecified atom stereocenters. The second kappa shape index (κ2) is 6.67. The molecule has 6 heteroatoms. The van der Waals surface area contributed by atoms with Gasteiger partial charge in [0.05, 0.1) is 12.2 Å². The van der Waals surface area contributed by atoms with Gasteiger partial charge in [-0.15, -0.1) is 0 Å². The summed E-state index contributed by atoms with van der Waals surface area (Å²) in [6.07, 6.45) is 0. The zero-order chi connectivity index (χ0) is 15.4. The fraction of sp³-hybridized carbons (Fsp3) is 0.133. The number of carbonyl (C=O) groups is 1. The molecule has 0 atom stereocenters. The molecule has 0 spiro atoms. The molecule has 0 aromatic heterocycles. The van der Waals surface area contributed by atoms with Gasteiger partial charge in [0.1, 0.15) is 5.82 Å². The Morgan fingerprint density at radius 3 is 2.62 bits per heavy atom. The Morgan fingerprint density at radius 1 is 1.24 bits per heavy atom. The minimum atomic E-state index is -0.663. The van der Waals surface area contributed by atoms with Crippen LogP contribution in [-0.2, 0) is 0 Å². The summed E-state index contributed by atoms with van der Waals surface area (Å²) >= 11 is 3.11. The van der Waals surface area contributed by atoms with Gasteiger partial charge < -0.3 is 10.1 Å². The first-order valence-electron chi connectivity index (χ1n) is 6.20. The van der Waals surface area contributed by atoms with Gasteiger partial charge in [0, 0.05) is 16.2 Å². The van der Waals surface area contributed by atoms with E-state index in [1.807, 2.05) is 0 Å². The number of carbonyl (C=O) groups excluding carboxylic acids is 1. The van der Waals surface area contributed by atoms with Crippen LogP contribution in [0.15, 0.2) is 40.9 Å². The number of halogens is 3. The van der Waals surface area contributed by atoms with Crippen molar-refractivity contribution in [1.29, 1.82) is 0 Å². The van der Waals surface area contributed by atoms with Crippen molar-refractivity contribution in [3.05, 3.63) is 58.1 Å². The summed E-state index contributed by atoms with van der Waals surface area (Å²) in [5.74, 6) is -1.82. The lowest BCUT2D eigenvalue weighted by Crippen LogP contribution is -2.14. The highest BCUT2D eigenvalue weighted by molar-refractivity contribution is 9.10. The molecule has 3 nitrogen and oxygen atoms in total. The van der Waals surface area contributed by atoms with Gasteiger partial charge >= 0.3 is 0 Å². The lowest BCUT2D eigenvalue weighted by molar-refractivity contribution is 0.102. The molecule has 2 aromatic rings. The minimum Gasteiger partial charge on any atom is -0.491 e. The molecule has 1 N–H and O–H groups in total. The van der Waals surface area contributed by atoms with Crippen molar-refractivity contribution in [2.75, 3.05) is 11.9 Å². The number of anilines is 1. The zero-order valence-corrected chi connectivity index (χ0v) is 12.7. The van der Waals surface area contributed by atoms with E-state index in [9.17, 15) is 13.6 Å². The van der Waals surface area contributed by atoms with Gasteiger partial charge in [0.2, 0.25) is 0 Å². The van der Waals surface area contributed by atoms with Gasteiger partial charge in [-0.3, -0.25) is 4.79 Å². The zero-order valence-electron chi connectivity index (χ0n) is 11.1. The molecular formula is C15H12BrF2NO2. The maximum atomic E-state index is 13.7. The third kappa shape index (κ3) is 3.58. The normalized spacial score (nSPS) is 10.3. The average Bonchev–Trinajstić information content (AvgIpc) is 2.42. The summed E-state index contributed by atoms with van der Waals surface area (Å²) in [6.45, 7) is 2.08. The Morgan fingerprint density at radius 2 is 2.00 bits per heavy atom. The highest BCUT2D eigenvalue weighted by atomic mass is 79.9. The quantitative estimate of drug-likeness (QED) is 0.883. The van der Waals surface area contributed by atoms with E-state index >= 15 is 0 Å². The molecule has 0 bridgehead atoms. The van der Waals surface area contributed by atoms with E-state index in [0.29, 0.717) is 11.1 Å². The van der Waals surface area contributed by atoms with Gasteiger partial charge in [-0.25, -0.2) is 8.78 Å². The predicted octanol–water partition coefficient (Wildman–Crippen LogP) is 4.38. The molecular weight excluding hydrogens is 344 g/mol. The predicted molar refractivity (Wildman–Crippen MR) is 79.6 cm³/mol. The van der Waals surface area contributed by atoms with E-state index in [-0.39, 0.29) is 17.0 Å². The van der Waals surface area contributed by atoms with E-state index in [1.165, 1.54) is 24.3 Å². The highest BCUT2D eigenvalue weighted by Crippen LogP contribution is 2.24. The summed E-state index contributed by atoms with van der Waals surface area (Å²) in [5, 5.41) is 2.45. The minimum absolute atomic E-state index is 0.0996. The van der Waals surface area contributed by atoms with Crippen LogP contribution in [0.4, 0.5) is 14.5 Å². The Balaban J connectivity index is 2.22. The third-order valence-corrected chi connectivity index (χ3v) is 3.34. The molecule has 2 aromatic carbocycles. The van der Waals surface area contributed by atoms with Crippen LogP contribution >= 0.6 is 15.9 Å². The van der Waals surface area contributed by atoms with Crippen molar-refractivity contribution >= 4 is 27.5 Å². The average molecular weight is 356 g/mol. The smallest absolute Gasteiger partial charge is 0.259 e. The molecule has 0 aliphatic carbocycles. The van der Waals surface area contributed by atoms with Crippen LogP contribution in [-0.4, -0.2) is 12.5 Å². The molecule has 0 saturated heterocycles. The van der Waals surface area contributed by atoms with E-state index in [4.69, 9.17) is 4.74 Å². The molecule has 0 heterocycles. The van der Waals surface area contributed by atoms with Crippen LogP contribution in [0, 0.1) is 11.6 Å². The molecule has 0 radical (unpaired) electrons. The lowest BCUT2D eigenvalue weighted by Gasteiger charge is -2.10. The molecule has 0 aliphatic heterocycles. The molecule has 0 saturated carbocycles. The number of rotatable bonds is 4. The van der Waals surface area contributed by atoms with E-state index < -0.39 is 17.5 Å². The number of benzene rings is 2. The standard InChI is InChI=1S/C15H12BrF2NO2/c1-2-21-13-7-6-9(8-12(13)18)19-15(20)14-10(16)4-3-5-11(14)17/h3-8H,2H2,1H3,(H,19,20). The first kappa shape index (κ1) is 15.4. The first-order valence-corrected chi connectivity index (χ1v) is 7.00. The summed E-state index contributed by atoms with van der Waals surface area (Å²) in [4.78, 5) is 12.0. The Bertz CT molecular complexity index is 656. The van der Waals surface area contributed by atoms with Crippen molar-refractivity contribution in [3.8, 4) is 5.75 Å². The molecule has 0 fully saturated rings. The molecule has 1 amide bonds. The molecule has 0 aliphatic rings. The SMILES string of the molecule is CCOc1ccc(NC(=O)c2c(F)cccc2Br)cc1F. The van der Waals surface area contributed by atoms with Gasteiger partial charge in [-0.05, 0) is 47.1 Å². The van der Waals surface area contributed by atoms with Crippen molar-refractivity contribution in [2.24, 2.45) is 0 Å². The summed E-state index contributed by atoms with van der Waals surface area (Å²) < 4.78 is 32.7. The van der Waals surface area contributed by atoms with Crippen molar-refractivity contribution in [1.82, 2.24) is 0 Å². The van der Waals surface area contributed by atoms with Crippen LogP contribution in [0.25, 0.3) is 0 Å². The lowest BCUT2D eigenvalue weighted by atomic mass is 10.2. The van der Waals surface area contributed by atoms with Crippen molar-refractivity contribution < 1.29 is 18.3 Å². The van der Waals surface area contributed by atoms with Gasteiger partial charge in [0.15, 0.2) is 11.6 Å². The highest BCUT2D eigenvalue weighted by Gasteiger charge is 2.16. The van der Waals surface area contributed by atoms with E-state index in [2.05, 4.69) is 21.2 Å². The number of ether oxygens (including phenoxy) is 1. The maximum Gasteiger partial charge on any atom is 0.259 e. The fourth-order valence-corrected chi connectivity index (χ4v) is 2.28. The first-order chi connectivity index (χ1) is 10.0. The van der Waals surface area contributed by atoms with E-state index in [1.54, 1.807) is 13.0 Å². The van der Waals surface area contributed by atoms with Crippen LogP contribution < -0.4 is 10.1 Å². The molecule has 110 valence electrons. The number of nitrogens with one attached hydrogen (secondary N) is 1. The van der Waals surface area contributed by atoms with Gasteiger partial charge in [0.25, 0.3) is 5.91 Å². The van der Waals surface area contributed by atoms with Crippen LogP contribution in [0.1, 0.15) is 17.3 Å². The van der Waals surface area contributed by atoms with Crippen molar-refractivity contribution in [2.45, 2.75) is 6.92 Å². The summed E-state index contributed by atoms with van der Waals surface area (Å²) in [5.41, 5.74) is 0.0860. The largest absolute Gasteiger partial charge is 0.491 e. The summed E-state index contributed by atoms with van der Waals surface area (Å²) in [7, 11) is 0. The van der Waals surface area contributed by atoms with Gasteiger partial charge in [-0.2, -0.15) is 0 Å². The van der Waals surface area contributed by atoms with Crippen LogP contribution in [0.5, 0.6) is 5.75 Å². The van der Waals surface area contributed by atoms with Crippen LogP contribution in [0.3, 0.4) is 0 Å². The second-order valence-corrected chi connectivity index (χ2v) is 4.98. The molecule has 2 rings (SSSR count). The Hall–Kier alpha value is -1.95. The second-order valence-electron chi connectivity index (χ2n) is 4.13. The van der Waals surface area contributed by atoms with Gasteiger partial charge in [-0.1, -0.05) is 6.07 Å². The van der Waals surface area contributed by atoms with E-state index in [0.717, 1.165) is 6.07 Å². The topological polar surface area (TPSA) is 38.3 Å². The maximum absolute atomic E-state index is 13.7. The fourth-order valence-electron chi connectivity index (χ4n) is 1.76. The Labute approximate surface area is 129 Å². The number of amides is 1. The number of hydrogen-bond acceptors (Lipinski definition) is 2. The number of hydrogen-bond donors (Lipinski definition) is 1.